The minimum atomic E-state index is -0.0493. The van der Waals surface area contributed by atoms with Crippen LogP contribution in [0.15, 0.2) is 0 Å². The first-order chi connectivity index (χ1) is 9.70. The molecular formula is C19H40O. The topological polar surface area (TPSA) is 20.2 Å². The van der Waals surface area contributed by atoms with Crippen LogP contribution in [0.2, 0.25) is 0 Å². The molecule has 0 bridgehead atoms. The molecule has 0 aromatic carbocycles. The Labute approximate surface area is 128 Å². The lowest BCUT2D eigenvalue weighted by Crippen LogP contribution is -2.11. The first kappa shape index (κ1) is 20.0. The molecule has 0 unspecified atom stereocenters. The molecule has 0 saturated heterocycles. The van der Waals surface area contributed by atoms with Crippen molar-refractivity contribution < 1.29 is 5.11 Å². The molecule has 0 aliphatic carbocycles. The molecule has 1 nitrogen and oxygen atoms in total. The van der Waals surface area contributed by atoms with Gasteiger partial charge in [0.05, 0.1) is 6.10 Å². The molecular weight excluding hydrogens is 244 g/mol. The van der Waals surface area contributed by atoms with Gasteiger partial charge in [0.2, 0.25) is 0 Å². The minimum absolute atomic E-state index is 0.0493. The third-order valence-corrected chi connectivity index (χ3v) is 4.37. The molecule has 122 valence electrons. The monoisotopic (exact) mass is 284 g/mol. The highest BCUT2D eigenvalue weighted by atomic mass is 16.3. The van der Waals surface area contributed by atoms with Crippen molar-refractivity contribution in [2.75, 3.05) is 0 Å². The van der Waals surface area contributed by atoms with Crippen LogP contribution in [-0.2, 0) is 0 Å². The molecule has 0 aromatic heterocycles. The molecule has 0 saturated carbocycles. The lowest BCUT2D eigenvalue weighted by atomic mass is 9.94. The second-order valence-electron chi connectivity index (χ2n) is 6.75. The average Bonchev–Trinajstić information content (AvgIpc) is 2.42. The van der Waals surface area contributed by atoms with E-state index in [0.29, 0.717) is 5.92 Å². The maximum atomic E-state index is 10.0. The van der Waals surface area contributed by atoms with Crippen LogP contribution in [-0.4, -0.2) is 11.2 Å². The second kappa shape index (κ2) is 15.4. The zero-order chi connectivity index (χ0) is 15.1. The largest absolute Gasteiger partial charge is 0.393 e. The van der Waals surface area contributed by atoms with Crippen LogP contribution in [0.4, 0.5) is 0 Å². The van der Waals surface area contributed by atoms with E-state index in [1.807, 2.05) is 0 Å². The Bertz CT molecular complexity index is 179. The van der Waals surface area contributed by atoms with E-state index in [1.54, 1.807) is 0 Å². The van der Waals surface area contributed by atoms with E-state index in [1.165, 1.54) is 77.0 Å². The fourth-order valence-electron chi connectivity index (χ4n) is 2.96. The number of aliphatic hydroxyl groups is 1. The van der Waals surface area contributed by atoms with Gasteiger partial charge in [-0.1, -0.05) is 97.8 Å². The Morgan fingerprint density at radius 1 is 0.650 bits per heavy atom. The predicted octanol–water partition coefficient (Wildman–Crippen LogP) is 6.48. The number of hydrogen-bond acceptors (Lipinski definition) is 1. The van der Waals surface area contributed by atoms with Crippen molar-refractivity contribution in [2.24, 2.45) is 5.92 Å². The van der Waals surface area contributed by atoms with Crippen LogP contribution in [0.1, 0.15) is 111 Å². The van der Waals surface area contributed by atoms with Crippen molar-refractivity contribution in [1.82, 2.24) is 0 Å². The second-order valence-corrected chi connectivity index (χ2v) is 6.75. The van der Waals surface area contributed by atoms with Crippen LogP contribution < -0.4 is 0 Å². The molecule has 0 amide bonds. The maximum Gasteiger partial charge on any atom is 0.0542 e. The third kappa shape index (κ3) is 14.4. The quantitative estimate of drug-likeness (QED) is 0.341. The molecule has 0 spiro atoms. The highest BCUT2D eigenvalue weighted by Gasteiger charge is 2.09. The molecule has 2 atom stereocenters. The molecule has 0 radical (unpaired) electrons. The zero-order valence-electron chi connectivity index (χ0n) is 14.5. The normalized spacial score (nSPS) is 14.4. The molecule has 0 aliphatic heterocycles. The van der Waals surface area contributed by atoms with Crippen molar-refractivity contribution >= 4 is 0 Å². The highest BCUT2D eigenvalue weighted by molar-refractivity contribution is 4.62. The van der Waals surface area contributed by atoms with Gasteiger partial charge in [-0.15, -0.1) is 0 Å². The Hall–Kier alpha value is -0.0400. The number of hydrogen-bond donors (Lipinski definition) is 1. The summed E-state index contributed by atoms with van der Waals surface area (Å²) in [7, 11) is 0. The van der Waals surface area contributed by atoms with Crippen molar-refractivity contribution in [3.05, 3.63) is 0 Å². The first-order valence-electron chi connectivity index (χ1n) is 9.38. The Morgan fingerprint density at radius 2 is 1.10 bits per heavy atom. The van der Waals surface area contributed by atoms with Crippen molar-refractivity contribution in [2.45, 2.75) is 117 Å². The third-order valence-electron chi connectivity index (χ3n) is 4.37. The highest BCUT2D eigenvalue weighted by Crippen LogP contribution is 2.18. The summed E-state index contributed by atoms with van der Waals surface area (Å²) in [5.74, 6) is 0.700. The van der Waals surface area contributed by atoms with Gasteiger partial charge in [-0.05, 0) is 18.8 Å². The van der Waals surface area contributed by atoms with E-state index >= 15 is 0 Å². The molecule has 1 N–H and O–H groups in total. The van der Waals surface area contributed by atoms with Gasteiger partial charge in [0.25, 0.3) is 0 Å². The summed E-state index contributed by atoms with van der Waals surface area (Å²) >= 11 is 0. The fourth-order valence-corrected chi connectivity index (χ4v) is 2.96. The zero-order valence-corrected chi connectivity index (χ0v) is 14.5. The van der Waals surface area contributed by atoms with Crippen LogP contribution in [0, 0.1) is 5.92 Å². The molecule has 0 aliphatic rings. The minimum Gasteiger partial charge on any atom is -0.393 e. The van der Waals surface area contributed by atoms with E-state index in [9.17, 15) is 5.11 Å². The number of aliphatic hydroxyl groups excluding tert-OH is 1. The molecule has 0 heterocycles. The van der Waals surface area contributed by atoms with Gasteiger partial charge in [-0.25, -0.2) is 0 Å². The summed E-state index contributed by atoms with van der Waals surface area (Å²) < 4.78 is 0. The van der Waals surface area contributed by atoms with E-state index < -0.39 is 0 Å². The molecule has 20 heavy (non-hydrogen) atoms. The summed E-state index contributed by atoms with van der Waals surface area (Å²) in [5.41, 5.74) is 0. The molecule has 1 heteroatoms. The Balaban J connectivity index is 3.29. The first-order valence-corrected chi connectivity index (χ1v) is 9.38. The van der Waals surface area contributed by atoms with Crippen molar-refractivity contribution in [1.29, 1.82) is 0 Å². The van der Waals surface area contributed by atoms with Crippen molar-refractivity contribution in [3.8, 4) is 0 Å². The molecule has 0 aromatic rings. The van der Waals surface area contributed by atoms with Gasteiger partial charge in [-0.2, -0.15) is 0 Å². The predicted molar refractivity (Wildman–Crippen MR) is 91.2 cm³/mol. The van der Waals surface area contributed by atoms with Crippen LogP contribution >= 0.6 is 0 Å². The van der Waals surface area contributed by atoms with Gasteiger partial charge in [-0.3, -0.25) is 0 Å². The van der Waals surface area contributed by atoms with Gasteiger partial charge in [0, 0.05) is 0 Å². The van der Waals surface area contributed by atoms with E-state index in [-0.39, 0.29) is 6.10 Å². The number of rotatable bonds is 15. The average molecular weight is 285 g/mol. The summed E-state index contributed by atoms with van der Waals surface area (Å²) in [6.07, 6.45) is 18.1. The van der Waals surface area contributed by atoms with Gasteiger partial charge >= 0.3 is 0 Å². The summed E-state index contributed by atoms with van der Waals surface area (Å²) in [4.78, 5) is 0. The fraction of sp³-hybridized carbons (Fsp3) is 1.00. The van der Waals surface area contributed by atoms with E-state index in [2.05, 4.69) is 20.8 Å². The lowest BCUT2D eigenvalue weighted by molar-refractivity contribution is 0.130. The standard InChI is InChI=1S/C19H40O/c1-4-6-8-9-10-11-12-14-16-19(20)17-18(3)15-13-7-5-2/h18-20H,4-17H2,1-3H3/t18-,19-/m1/s1. The number of unbranched alkanes of at least 4 members (excludes halogenated alkanes) is 9. The van der Waals surface area contributed by atoms with E-state index in [4.69, 9.17) is 0 Å². The van der Waals surface area contributed by atoms with Crippen LogP contribution in [0.25, 0.3) is 0 Å². The van der Waals surface area contributed by atoms with Gasteiger partial charge in [0.1, 0.15) is 0 Å². The maximum absolute atomic E-state index is 10.0. The SMILES string of the molecule is CCCCCCCCCC[C@@H](O)C[C@H](C)CCCCC. The Morgan fingerprint density at radius 3 is 1.70 bits per heavy atom. The van der Waals surface area contributed by atoms with Crippen molar-refractivity contribution in [3.63, 3.8) is 0 Å². The van der Waals surface area contributed by atoms with Gasteiger partial charge in [0.15, 0.2) is 0 Å². The van der Waals surface area contributed by atoms with Gasteiger partial charge < -0.3 is 5.11 Å². The lowest BCUT2D eigenvalue weighted by Gasteiger charge is -2.16. The van der Waals surface area contributed by atoms with Crippen LogP contribution in [0.5, 0.6) is 0 Å². The summed E-state index contributed by atoms with van der Waals surface area (Å²) in [6, 6.07) is 0. The molecule has 0 rings (SSSR count). The summed E-state index contributed by atoms with van der Waals surface area (Å²) in [6.45, 7) is 6.82. The van der Waals surface area contributed by atoms with E-state index in [0.717, 1.165) is 12.8 Å². The smallest absolute Gasteiger partial charge is 0.0542 e. The summed E-state index contributed by atoms with van der Waals surface area (Å²) in [5, 5.41) is 10.0. The Kier molecular flexibility index (Phi) is 15.3. The molecule has 0 fully saturated rings. The van der Waals surface area contributed by atoms with Crippen LogP contribution in [0.3, 0.4) is 0 Å².